The van der Waals surface area contributed by atoms with Crippen LogP contribution in [0, 0.1) is 25.7 Å². The molecule has 0 aliphatic heterocycles. The van der Waals surface area contributed by atoms with Gasteiger partial charge in [-0.1, -0.05) is 31.5 Å². The maximum absolute atomic E-state index is 11.8. The van der Waals surface area contributed by atoms with Gasteiger partial charge in [0.05, 0.1) is 5.92 Å². The quantitative estimate of drug-likeness (QED) is 0.775. The Bertz CT molecular complexity index is 498. The van der Waals surface area contributed by atoms with E-state index in [9.17, 15) is 9.59 Å². The smallest absolute Gasteiger partial charge is 0.319 e. The average Bonchev–Trinajstić information content (AvgIpc) is 2.32. The van der Waals surface area contributed by atoms with Crippen LogP contribution < -0.4 is 10.6 Å². The summed E-state index contributed by atoms with van der Waals surface area (Å²) in [4.78, 5) is 22.8. The second kappa shape index (κ2) is 6.93. The first-order chi connectivity index (χ1) is 9.31. The van der Waals surface area contributed by atoms with Crippen molar-refractivity contribution in [2.75, 3.05) is 11.9 Å². The molecule has 1 aromatic carbocycles. The molecule has 1 unspecified atom stereocenters. The molecule has 5 nitrogen and oxygen atoms in total. The zero-order valence-electron chi connectivity index (χ0n) is 12.4. The van der Waals surface area contributed by atoms with E-state index < -0.39 is 11.9 Å². The molecule has 0 radical (unpaired) electrons. The van der Waals surface area contributed by atoms with Gasteiger partial charge in [-0.15, -0.1) is 0 Å². The molecule has 0 heterocycles. The summed E-state index contributed by atoms with van der Waals surface area (Å²) in [6.45, 7) is 7.66. The number of carbonyl (C=O) groups excluding carboxylic acids is 1. The first-order valence-corrected chi connectivity index (χ1v) is 6.66. The van der Waals surface area contributed by atoms with Crippen molar-refractivity contribution < 1.29 is 14.7 Å². The summed E-state index contributed by atoms with van der Waals surface area (Å²) in [5.74, 6) is -1.51. The molecule has 20 heavy (non-hydrogen) atoms. The van der Waals surface area contributed by atoms with Gasteiger partial charge >= 0.3 is 12.0 Å². The maximum Gasteiger partial charge on any atom is 0.319 e. The molecule has 0 saturated carbocycles. The van der Waals surface area contributed by atoms with Crippen LogP contribution >= 0.6 is 0 Å². The van der Waals surface area contributed by atoms with Crippen molar-refractivity contribution >= 4 is 17.7 Å². The Labute approximate surface area is 119 Å². The second-order valence-corrected chi connectivity index (χ2v) is 5.34. The van der Waals surface area contributed by atoms with Gasteiger partial charge in [0.25, 0.3) is 0 Å². The number of benzene rings is 1. The van der Waals surface area contributed by atoms with Crippen molar-refractivity contribution in [3.63, 3.8) is 0 Å². The monoisotopic (exact) mass is 278 g/mol. The van der Waals surface area contributed by atoms with Crippen molar-refractivity contribution in [3.8, 4) is 0 Å². The molecule has 3 N–H and O–H groups in total. The van der Waals surface area contributed by atoms with E-state index in [2.05, 4.69) is 10.6 Å². The highest BCUT2D eigenvalue weighted by atomic mass is 16.4. The van der Waals surface area contributed by atoms with Gasteiger partial charge in [0.1, 0.15) is 0 Å². The molecular weight excluding hydrogens is 256 g/mol. The van der Waals surface area contributed by atoms with Crippen LogP contribution in [0.1, 0.15) is 25.0 Å². The number of carboxylic acids is 1. The summed E-state index contributed by atoms with van der Waals surface area (Å²) in [5.41, 5.74) is 2.82. The number of hydrogen-bond donors (Lipinski definition) is 3. The van der Waals surface area contributed by atoms with Gasteiger partial charge in [0.2, 0.25) is 0 Å². The number of carboxylic acid groups (broad SMARTS) is 1. The number of anilines is 1. The van der Waals surface area contributed by atoms with E-state index >= 15 is 0 Å². The molecule has 0 aliphatic carbocycles. The average molecular weight is 278 g/mol. The molecule has 1 aromatic rings. The van der Waals surface area contributed by atoms with Crippen molar-refractivity contribution in [1.29, 1.82) is 0 Å². The third-order valence-electron chi connectivity index (χ3n) is 3.23. The Hall–Kier alpha value is -2.04. The Kier molecular flexibility index (Phi) is 5.55. The minimum atomic E-state index is -0.896. The van der Waals surface area contributed by atoms with E-state index in [1.165, 1.54) is 0 Å². The van der Waals surface area contributed by atoms with Gasteiger partial charge in [0.15, 0.2) is 0 Å². The lowest BCUT2D eigenvalue weighted by molar-refractivity contribution is -0.142. The largest absolute Gasteiger partial charge is 0.481 e. The number of aryl methyl sites for hydroxylation is 2. The van der Waals surface area contributed by atoms with Crippen LogP contribution in [0.15, 0.2) is 18.2 Å². The molecule has 0 aliphatic rings. The van der Waals surface area contributed by atoms with Crippen LogP contribution in [0.5, 0.6) is 0 Å². The molecule has 0 fully saturated rings. The Balaban J connectivity index is 2.57. The third-order valence-corrected chi connectivity index (χ3v) is 3.23. The Morgan fingerprint density at radius 3 is 2.40 bits per heavy atom. The van der Waals surface area contributed by atoms with Crippen LogP contribution in [-0.2, 0) is 4.79 Å². The molecule has 0 bridgehead atoms. The minimum Gasteiger partial charge on any atom is -0.481 e. The second-order valence-electron chi connectivity index (χ2n) is 5.34. The third kappa shape index (κ3) is 4.57. The van der Waals surface area contributed by atoms with Crippen LogP contribution in [-0.4, -0.2) is 23.7 Å². The highest BCUT2D eigenvalue weighted by Gasteiger charge is 2.21. The van der Waals surface area contributed by atoms with Crippen molar-refractivity contribution in [3.05, 3.63) is 29.3 Å². The molecule has 2 amide bonds. The lowest BCUT2D eigenvalue weighted by Gasteiger charge is -2.17. The van der Waals surface area contributed by atoms with Crippen molar-refractivity contribution in [2.45, 2.75) is 27.7 Å². The molecule has 0 saturated heterocycles. The van der Waals surface area contributed by atoms with E-state index in [0.29, 0.717) is 0 Å². The van der Waals surface area contributed by atoms with E-state index in [-0.39, 0.29) is 18.5 Å². The normalized spacial score (nSPS) is 12.1. The molecule has 5 heteroatoms. The van der Waals surface area contributed by atoms with Gasteiger partial charge in [-0.2, -0.15) is 0 Å². The predicted octanol–water partition coefficient (Wildman–Crippen LogP) is 2.78. The number of nitrogens with one attached hydrogen (secondary N) is 2. The molecule has 110 valence electrons. The summed E-state index contributed by atoms with van der Waals surface area (Å²) >= 11 is 0. The molecule has 0 aromatic heterocycles. The number of hydrogen-bond acceptors (Lipinski definition) is 2. The first kappa shape index (κ1) is 16.0. The van der Waals surface area contributed by atoms with E-state index in [4.69, 9.17) is 5.11 Å². The van der Waals surface area contributed by atoms with Crippen LogP contribution in [0.2, 0.25) is 0 Å². The molecule has 0 spiro atoms. The standard InChI is InChI=1S/C15H22N2O3/c1-9(2)12(14(18)19)8-16-15(20)17-13-6-5-10(3)7-11(13)4/h5-7,9,12H,8H2,1-4H3,(H,18,19)(H2,16,17,20). The number of aliphatic carboxylic acids is 1. The lowest BCUT2D eigenvalue weighted by Crippen LogP contribution is -2.37. The van der Waals surface area contributed by atoms with Gasteiger partial charge in [-0.05, 0) is 31.4 Å². The minimum absolute atomic E-state index is 0.0334. The number of carbonyl (C=O) groups is 2. The fourth-order valence-electron chi connectivity index (χ4n) is 1.93. The zero-order valence-corrected chi connectivity index (χ0v) is 12.4. The van der Waals surface area contributed by atoms with Crippen molar-refractivity contribution in [1.82, 2.24) is 5.32 Å². The van der Waals surface area contributed by atoms with Crippen LogP contribution in [0.25, 0.3) is 0 Å². The molecular formula is C15H22N2O3. The van der Waals surface area contributed by atoms with Gasteiger partial charge in [-0.3, -0.25) is 4.79 Å². The summed E-state index contributed by atoms with van der Waals surface area (Å²) in [6.07, 6.45) is 0. The zero-order chi connectivity index (χ0) is 15.3. The first-order valence-electron chi connectivity index (χ1n) is 6.66. The van der Waals surface area contributed by atoms with E-state index in [1.807, 2.05) is 45.9 Å². The van der Waals surface area contributed by atoms with Crippen LogP contribution in [0.4, 0.5) is 10.5 Å². The van der Waals surface area contributed by atoms with Crippen molar-refractivity contribution in [2.24, 2.45) is 11.8 Å². The number of rotatable bonds is 5. The number of urea groups is 1. The van der Waals surface area contributed by atoms with E-state index in [1.54, 1.807) is 0 Å². The molecule has 1 atom stereocenters. The SMILES string of the molecule is Cc1ccc(NC(=O)NCC(C(=O)O)C(C)C)c(C)c1. The summed E-state index contributed by atoms with van der Waals surface area (Å²) in [6, 6.07) is 5.34. The highest BCUT2D eigenvalue weighted by Crippen LogP contribution is 2.16. The van der Waals surface area contributed by atoms with Gasteiger partial charge in [-0.25, -0.2) is 4.79 Å². The predicted molar refractivity (Wildman–Crippen MR) is 78.9 cm³/mol. The van der Waals surface area contributed by atoms with Gasteiger partial charge in [0, 0.05) is 12.2 Å². The highest BCUT2D eigenvalue weighted by molar-refractivity contribution is 5.90. The number of amides is 2. The topological polar surface area (TPSA) is 78.4 Å². The van der Waals surface area contributed by atoms with Crippen LogP contribution in [0.3, 0.4) is 0 Å². The summed E-state index contributed by atoms with van der Waals surface area (Å²) < 4.78 is 0. The summed E-state index contributed by atoms with van der Waals surface area (Å²) in [7, 11) is 0. The summed E-state index contributed by atoms with van der Waals surface area (Å²) in [5, 5.41) is 14.4. The fourth-order valence-corrected chi connectivity index (χ4v) is 1.93. The van der Waals surface area contributed by atoms with E-state index in [0.717, 1.165) is 16.8 Å². The molecule has 1 rings (SSSR count). The Morgan fingerprint density at radius 2 is 1.90 bits per heavy atom. The van der Waals surface area contributed by atoms with Gasteiger partial charge < -0.3 is 15.7 Å². The fraction of sp³-hybridized carbons (Fsp3) is 0.467. The lowest BCUT2D eigenvalue weighted by atomic mass is 9.96. The maximum atomic E-state index is 11.8. The Morgan fingerprint density at radius 1 is 1.25 bits per heavy atom.